The van der Waals surface area contributed by atoms with Crippen molar-refractivity contribution in [1.82, 2.24) is 0 Å². The van der Waals surface area contributed by atoms with Gasteiger partial charge in [0.25, 0.3) is 0 Å². The summed E-state index contributed by atoms with van der Waals surface area (Å²) in [7, 11) is 5.89. The van der Waals surface area contributed by atoms with Crippen molar-refractivity contribution in [1.29, 1.82) is 0 Å². The number of hydrogen-bond donors (Lipinski definition) is 0. The number of unbranched alkanes of at least 4 members (excludes halogenated alkanes) is 11. The smallest absolute Gasteiger partial charge is 0.306 e. The lowest BCUT2D eigenvalue weighted by Gasteiger charge is -2.26. The van der Waals surface area contributed by atoms with Crippen LogP contribution in [0.1, 0.15) is 194 Å². The average molecular weight is 1070 g/mol. The van der Waals surface area contributed by atoms with Gasteiger partial charge >= 0.3 is 11.9 Å². The number of carbonyl (C=O) groups is 3. The van der Waals surface area contributed by atoms with Gasteiger partial charge < -0.3 is 33.3 Å². The molecule has 0 aromatic heterocycles. The Morgan fingerprint density at radius 1 is 0.390 bits per heavy atom. The number of nitrogens with zero attached hydrogens (tertiary/aromatic N) is 1. The Bertz CT molecular complexity index is 1810. The molecule has 0 amide bonds. The number of carboxylic acids is 1. The number of rotatable bonds is 52. The highest BCUT2D eigenvalue weighted by Gasteiger charge is 2.22. The summed E-state index contributed by atoms with van der Waals surface area (Å²) in [5, 5.41) is 11.8. The van der Waals surface area contributed by atoms with Crippen molar-refractivity contribution in [2.24, 2.45) is 0 Å². The summed E-state index contributed by atoms with van der Waals surface area (Å²) in [6, 6.07) is 0. The molecule has 0 aliphatic carbocycles. The summed E-state index contributed by atoms with van der Waals surface area (Å²) in [4.78, 5) is 37.2. The number of hydrogen-bond acceptors (Lipinski definition) is 8. The number of carboxylic acid groups (broad SMARTS) is 1. The van der Waals surface area contributed by atoms with Gasteiger partial charge in [0.1, 0.15) is 13.2 Å². The Morgan fingerprint density at radius 3 is 1.05 bits per heavy atom. The molecule has 0 heterocycles. The van der Waals surface area contributed by atoms with E-state index in [1.54, 1.807) is 0 Å². The number of allylic oxidation sites excluding steroid dienone is 26. The van der Waals surface area contributed by atoms with Gasteiger partial charge in [0.15, 0.2) is 12.4 Å². The molecule has 0 saturated heterocycles. The maximum Gasteiger partial charge on any atom is 0.306 e. The second kappa shape index (κ2) is 57.1. The first-order chi connectivity index (χ1) is 37.6. The van der Waals surface area contributed by atoms with Gasteiger partial charge in [0.2, 0.25) is 0 Å². The highest BCUT2D eigenvalue weighted by molar-refractivity contribution is 5.70. The van der Waals surface area contributed by atoms with Gasteiger partial charge in [-0.25, -0.2) is 0 Å². The molecule has 9 nitrogen and oxygen atoms in total. The first-order valence-electron chi connectivity index (χ1n) is 29.6. The summed E-state index contributed by atoms with van der Waals surface area (Å²) < 4.78 is 22.6. The summed E-state index contributed by atoms with van der Waals surface area (Å²) in [5.74, 6) is -2.36. The third kappa shape index (κ3) is 58.4. The van der Waals surface area contributed by atoms with E-state index in [1.807, 2.05) is 21.1 Å². The maximum absolute atomic E-state index is 12.8. The molecular weight excluding hydrogens is 959 g/mol. The standard InChI is InChI=1S/C68H107NO8/c1-6-8-10-12-14-16-18-20-21-22-23-24-25-26-27-28-29-30-31-32-33-34-35-36-37-38-39-40-41-42-43-44-45-47-49-51-53-55-57-59-66(71)77-64(63-76-68(67(72)73)74-61-60-69(3,4)5)62-75-65(70)58-56-54-52-50-48-46-19-17-15-13-11-9-7-2/h8-11,14-17,20-21,23-24,26-27,29-30,32-33,35-36,38-39,41-42,46,48,64,68H,6-7,12-13,18-19,22,25,28,31,34,37,40,43-45,47,49-63H2,1-5H3/b10-8-,11-9-,16-14-,17-15-,21-20-,24-23-,27-26-,30-29-,33-32-,36-35-,39-38-,42-41-,48-46-. The van der Waals surface area contributed by atoms with Crippen LogP contribution in [0.2, 0.25) is 0 Å². The van der Waals surface area contributed by atoms with Crippen LogP contribution in [0.25, 0.3) is 0 Å². The lowest BCUT2D eigenvalue weighted by Crippen LogP contribution is -2.44. The van der Waals surface area contributed by atoms with Crippen molar-refractivity contribution in [3.05, 3.63) is 158 Å². The van der Waals surface area contributed by atoms with E-state index in [0.717, 1.165) is 128 Å². The van der Waals surface area contributed by atoms with Gasteiger partial charge in [0, 0.05) is 12.8 Å². The first kappa shape index (κ1) is 71.9. The normalized spacial score (nSPS) is 13.9. The zero-order valence-electron chi connectivity index (χ0n) is 49.0. The molecule has 0 radical (unpaired) electrons. The van der Waals surface area contributed by atoms with Gasteiger partial charge in [-0.05, 0) is 122 Å². The minimum absolute atomic E-state index is 0.132. The Labute approximate surface area is 470 Å². The van der Waals surface area contributed by atoms with Crippen LogP contribution in [0, 0.1) is 0 Å². The molecule has 0 N–H and O–H groups in total. The average Bonchev–Trinajstić information content (AvgIpc) is 3.40. The fraction of sp³-hybridized carbons (Fsp3) is 0.574. The minimum Gasteiger partial charge on any atom is -0.545 e. The fourth-order valence-electron chi connectivity index (χ4n) is 7.28. The lowest BCUT2D eigenvalue weighted by atomic mass is 10.1. The van der Waals surface area contributed by atoms with Crippen molar-refractivity contribution in [2.45, 2.75) is 206 Å². The number of esters is 2. The molecule has 0 saturated carbocycles. The predicted molar refractivity (Wildman–Crippen MR) is 324 cm³/mol. The van der Waals surface area contributed by atoms with Crippen molar-refractivity contribution in [3.63, 3.8) is 0 Å². The highest BCUT2D eigenvalue weighted by Crippen LogP contribution is 2.13. The molecule has 0 spiro atoms. The van der Waals surface area contributed by atoms with Crippen LogP contribution >= 0.6 is 0 Å². The van der Waals surface area contributed by atoms with E-state index in [9.17, 15) is 19.5 Å². The monoisotopic (exact) mass is 1070 g/mol. The Hall–Kier alpha value is -5.09. The van der Waals surface area contributed by atoms with Crippen LogP contribution in [0.4, 0.5) is 0 Å². The van der Waals surface area contributed by atoms with E-state index in [0.29, 0.717) is 23.9 Å². The summed E-state index contributed by atoms with van der Waals surface area (Å²) >= 11 is 0. The zero-order valence-corrected chi connectivity index (χ0v) is 49.0. The molecule has 77 heavy (non-hydrogen) atoms. The minimum atomic E-state index is -1.64. The number of ether oxygens (including phenoxy) is 4. The van der Waals surface area contributed by atoms with Gasteiger partial charge in [-0.15, -0.1) is 0 Å². The number of carbonyl (C=O) groups excluding carboxylic acids is 3. The Kier molecular flexibility index (Phi) is 53.3. The molecule has 0 aliphatic rings. The highest BCUT2D eigenvalue weighted by atomic mass is 16.7. The number of quaternary nitrogens is 1. The number of aliphatic carboxylic acids is 1. The predicted octanol–water partition coefficient (Wildman–Crippen LogP) is 16.4. The van der Waals surface area contributed by atoms with Crippen LogP contribution in [-0.2, 0) is 33.3 Å². The quantitative estimate of drug-likeness (QED) is 0.0195. The van der Waals surface area contributed by atoms with E-state index < -0.39 is 30.3 Å². The fourth-order valence-corrected chi connectivity index (χ4v) is 7.28. The molecule has 0 rings (SSSR count). The third-order valence-corrected chi connectivity index (χ3v) is 11.8. The first-order valence-corrected chi connectivity index (χ1v) is 29.6. The summed E-state index contributed by atoms with van der Waals surface area (Å²) in [6.45, 7) is 4.43. The molecule has 2 unspecified atom stereocenters. The molecule has 0 aromatic rings. The second-order valence-electron chi connectivity index (χ2n) is 20.2. The molecule has 432 valence electrons. The molecule has 2 atom stereocenters. The summed E-state index contributed by atoms with van der Waals surface area (Å²) in [5.41, 5.74) is 0. The van der Waals surface area contributed by atoms with Crippen LogP contribution in [0.5, 0.6) is 0 Å². The van der Waals surface area contributed by atoms with E-state index >= 15 is 0 Å². The van der Waals surface area contributed by atoms with E-state index in [1.165, 1.54) is 25.7 Å². The third-order valence-electron chi connectivity index (χ3n) is 11.8. The Morgan fingerprint density at radius 2 is 0.701 bits per heavy atom. The van der Waals surface area contributed by atoms with Crippen LogP contribution in [0.15, 0.2) is 158 Å². The van der Waals surface area contributed by atoms with Crippen molar-refractivity contribution < 1.29 is 42.9 Å². The molecule has 0 aliphatic heterocycles. The van der Waals surface area contributed by atoms with Gasteiger partial charge in [-0.2, -0.15) is 0 Å². The topological polar surface area (TPSA) is 111 Å². The number of likely N-dealkylation sites (N-methyl/N-ethyl adjacent to an activating group) is 1. The van der Waals surface area contributed by atoms with Gasteiger partial charge in [-0.3, -0.25) is 9.59 Å². The SMILES string of the molecule is CC/C=C\C/C=C\C/C=C\C/C=C\C/C=C\C/C=C\C/C=C\C/C=C\C/C=C\C/C=C\CCCCCCCCCCC(=O)OC(COC(=O)CCCCC/C=C\C/C=C\C/C=C\CC)COC(OCC[N+](C)(C)C)C(=O)[O-]. The lowest BCUT2D eigenvalue weighted by molar-refractivity contribution is -0.870. The molecule has 0 bridgehead atoms. The van der Waals surface area contributed by atoms with E-state index in [4.69, 9.17) is 18.9 Å². The molecular formula is C68H107NO8. The van der Waals surface area contributed by atoms with Crippen LogP contribution < -0.4 is 5.11 Å². The van der Waals surface area contributed by atoms with E-state index in [2.05, 4.69) is 172 Å². The van der Waals surface area contributed by atoms with Crippen LogP contribution in [0.3, 0.4) is 0 Å². The Balaban J connectivity index is 4.20. The molecule has 0 fully saturated rings. The molecule has 9 heteroatoms. The van der Waals surface area contributed by atoms with Gasteiger partial charge in [0.05, 0.1) is 40.3 Å². The molecule has 0 aromatic carbocycles. The van der Waals surface area contributed by atoms with E-state index in [-0.39, 0.29) is 32.7 Å². The van der Waals surface area contributed by atoms with Crippen molar-refractivity contribution in [2.75, 3.05) is 47.5 Å². The summed E-state index contributed by atoms with van der Waals surface area (Å²) in [6.07, 6.45) is 81.7. The maximum atomic E-state index is 12.8. The largest absolute Gasteiger partial charge is 0.545 e. The van der Waals surface area contributed by atoms with Crippen molar-refractivity contribution in [3.8, 4) is 0 Å². The van der Waals surface area contributed by atoms with Crippen molar-refractivity contribution >= 4 is 17.9 Å². The van der Waals surface area contributed by atoms with Crippen LogP contribution in [-0.4, -0.2) is 82.3 Å². The van der Waals surface area contributed by atoms with Gasteiger partial charge in [-0.1, -0.05) is 217 Å². The second-order valence-corrected chi connectivity index (χ2v) is 20.2. The zero-order chi connectivity index (χ0) is 56.2.